The van der Waals surface area contributed by atoms with E-state index in [2.05, 4.69) is 4.98 Å². The Hall–Kier alpha value is -1.95. The minimum absolute atomic E-state index is 0.0283. The summed E-state index contributed by atoms with van der Waals surface area (Å²) in [5.74, 6) is -1.95. The number of carbonyl (C=O) groups is 1. The molecule has 0 saturated heterocycles. The van der Waals surface area contributed by atoms with Gasteiger partial charge in [0.2, 0.25) is 0 Å². The molecule has 0 amide bonds. The van der Waals surface area contributed by atoms with Crippen molar-refractivity contribution in [2.24, 2.45) is 0 Å². The molecule has 2 saturated carbocycles. The molecule has 2 aromatic rings. The fourth-order valence-corrected chi connectivity index (χ4v) is 5.26. The molecule has 0 radical (unpaired) electrons. The normalized spacial score (nSPS) is 17.9. The molecule has 1 aromatic heterocycles. The largest absolute Gasteiger partial charge is 0.481 e. The van der Waals surface area contributed by atoms with Crippen LogP contribution in [0.4, 0.5) is 8.78 Å². The second-order valence-corrected chi connectivity index (χ2v) is 9.16. The maximum absolute atomic E-state index is 15.0. The summed E-state index contributed by atoms with van der Waals surface area (Å²) in [4.78, 5) is 15.2. The van der Waals surface area contributed by atoms with Crippen LogP contribution in [0.1, 0.15) is 56.9 Å². The Labute approximate surface area is 167 Å². The van der Waals surface area contributed by atoms with E-state index in [9.17, 15) is 4.79 Å². The lowest BCUT2D eigenvalue weighted by atomic mass is 9.88. The molecule has 6 heteroatoms. The van der Waals surface area contributed by atoms with Crippen LogP contribution in [0, 0.1) is 11.6 Å². The Balaban J connectivity index is 1.61. The molecule has 1 aromatic carbocycles. The van der Waals surface area contributed by atoms with Crippen molar-refractivity contribution in [1.29, 1.82) is 0 Å². The maximum atomic E-state index is 15.0. The standard InChI is InChI=1S/C22H23F2NO2S/c23-17-12-14(16-6-3-11-25-21(16)28-15-4-1-5-15)13-18(24)20(17)22(9-10-22)8-2-7-19(26)27/h3,6,11-13,15H,1-2,4-5,7-10H2,(H,26,27). The van der Waals surface area contributed by atoms with Crippen LogP contribution in [-0.4, -0.2) is 21.3 Å². The van der Waals surface area contributed by atoms with Gasteiger partial charge in [-0.3, -0.25) is 4.79 Å². The van der Waals surface area contributed by atoms with Crippen molar-refractivity contribution in [2.45, 2.75) is 67.1 Å². The Morgan fingerprint density at radius 2 is 1.96 bits per heavy atom. The number of halogens is 2. The Morgan fingerprint density at radius 1 is 1.25 bits per heavy atom. The van der Waals surface area contributed by atoms with Gasteiger partial charge in [-0.15, -0.1) is 11.8 Å². The van der Waals surface area contributed by atoms with Gasteiger partial charge in [0.1, 0.15) is 16.7 Å². The van der Waals surface area contributed by atoms with Gasteiger partial charge in [-0.1, -0.05) is 12.5 Å². The van der Waals surface area contributed by atoms with E-state index in [1.807, 2.05) is 6.07 Å². The second-order valence-electron chi connectivity index (χ2n) is 7.87. The van der Waals surface area contributed by atoms with E-state index in [-0.39, 0.29) is 12.0 Å². The predicted molar refractivity (Wildman–Crippen MR) is 105 cm³/mol. The molecular formula is C22H23F2NO2S. The molecule has 2 aliphatic rings. The van der Waals surface area contributed by atoms with Crippen molar-refractivity contribution < 1.29 is 18.7 Å². The summed E-state index contributed by atoms with van der Waals surface area (Å²) in [5.41, 5.74) is 0.855. The van der Waals surface area contributed by atoms with E-state index in [0.717, 1.165) is 23.4 Å². The van der Waals surface area contributed by atoms with E-state index in [1.165, 1.54) is 18.6 Å². The molecule has 0 spiro atoms. The number of benzene rings is 1. The third-order valence-electron chi connectivity index (χ3n) is 5.88. The highest BCUT2D eigenvalue weighted by molar-refractivity contribution is 8.00. The van der Waals surface area contributed by atoms with Crippen LogP contribution < -0.4 is 0 Å². The number of aromatic nitrogens is 1. The van der Waals surface area contributed by atoms with E-state index in [1.54, 1.807) is 24.0 Å². The summed E-state index contributed by atoms with van der Waals surface area (Å²) >= 11 is 1.69. The molecule has 28 heavy (non-hydrogen) atoms. The van der Waals surface area contributed by atoms with Crippen molar-refractivity contribution in [2.75, 3.05) is 0 Å². The lowest BCUT2D eigenvalue weighted by Crippen LogP contribution is -2.14. The predicted octanol–water partition coefficient (Wildman–Crippen LogP) is 5.96. The zero-order valence-corrected chi connectivity index (χ0v) is 16.4. The Morgan fingerprint density at radius 3 is 2.54 bits per heavy atom. The molecule has 2 fully saturated rings. The van der Waals surface area contributed by atoms with Crippen LogP contribution in [-0.2, 0) is 10.2 Å². The lowest BCUT2D eigenvalue weighted by molar-refractivity contribution is -0.137. The smallest absolute Gasteiger partial charge is 0.303 e. The minimum Gasteiger partial charge on any atom is -0.481 e. The highest BCUT2D eigenvalue weighted by Crippen LogP contribution is 2.54. The average Bonchev–Trinajstić information content (AvgIpc) is 3.38. The van der Waals surface area contributed by atoms with Crippen molar-refractivity contribution in [3.63, 3.8) is 0 Å². The van der Waals surface area contributed by atoms with E-state index < -0.39 is 23.0 Å². The van der Waals surface area contributed by atoms with Gasteiger partial charge in [-0.25, -0.2) is 13.8 Å². The van der Waals surface area contributed by atoms with Crippen molar-refractivity contribution in [3.05, 3.63) is 47.7 Å². The molecule has 0 atom stereocenters. The summed E-state index contributed by atoms with van der Waals surface area (Å²) in [6.45, 7) is 0. The van der Waals surface area contributed by atoms with Crippen molar-refractivity contribution >= 4 is 17.7 Å². The number of carboxylic acids is 1. The van der Waals surface area contributed by atoms with Crippen molar-refractivity contribution in [3.8, 4) is 11.1 Å². The summed E-state index contributed by atoms with van der Waals surface area (Å²) in [6.07, 6.45) is 7.62. The molecule has 0 aliphatic heterocycles. The zero-order chi connectivity index (χ0) is 19.7. The van der Waals surface area contributed by atoms with Gasteiger partial charge in [0.25, 0.3) is 0 Å². The van der Waals surface area contributed by atoms with E-state index in [4.69, 9.17) is 5.11 Å². The summed E-state index contributed by atoms with van der Waals surface area (Å²) < 4.78 is 30.0. The number of thioether (sulfide) groups is 1. The summed E-state index contributed by atoms with van der Waals surface area (Å²) in [6, 6.07) is 6.48. The third-order valence-corrected chi connectivity index (χ3v) is 7.24. The first kappa shape index (κ1) is 19.4. The molecule has 0 bridgehead atoms. The topological polar surface area (TPSA) is 50.2 Å². The van der Waals surface area contributed by atoms with Crippen LogP contribution >= 0.6 is 11.8 Å². The maximum Gasteiger partial charge on any atom is 0.303 e. The number of aliphatic carboxylic acids is 1. The van der Waals surface area contributed by atoms with Crippen LogP contribution in [0.2, 0.25) is 0 Å². The zero-order valence-electron chi connectivity index (χ0n) is 15.6. The monoisotopic (exact) mass is 403 g/mol. The fraction of sp³-hybridized carbons (Fsp3) is 0.455. The van der Waals surface area contributed by atoms with E-state index in [0.29, 0.717) is 36.5 Å². The molecule has 1 N–H and O–H groups in total. The minimum atomic E-state index is -0.875. The Kier molecular flexibility index (Phi) is 5.41. The second kappa shape index (κ2) is 7.82. The average molecular weight is 403 g/mol. The van der Waals surface area contributed by atoms with Gasteiger partial charge in [0, 0.05) is 34.4 Å². The molecule has 0 unspecified atom stereocenters. The molecule has 148 valence electrons. The number of hydrogen-bond donors (Lipinski definition) is 1. The molecule has 2 aliphatic carbocycles. The van der Waals surface area contributed by atoms with Gasteiger partial charge in [0.05, 0.1) is 0 Å². The van der Waals surface area contributed by atoms with Crippen LogP contribution in [0.3, 0.4) is 0 Å². The van der Waals surface area contributed by atoms with Gasteiger partial charge < -0.3 is 5.11 Å². The quantitative estimate of drug-likeness (QED) is 0.591. The van der Waals surface area contributed by atoms with Gasteiger partial charge in [-0.05, 0) is 62.3 Å². The molecule has 3 nitrogen and oxygen atoms in total. The van der Waals surface area contributed by atoms with Crippen LogP contribution in [0.5, 0.6) is 0 Å². The fourth-order valence-electron chi connectivity index (χ4n) is 3.94. The van der Waals surface area contributed by atoms with Crippen molar-refractivity contribution in [1.82, 2.24) is 4.98 Å². The number of hydrogen-bond acceptors (Lipinski definition) is 3. The van der Waals surface area contributed by atoms with Gasteiger partial charge in [-0.2, -0.15) is 0 Å². The van der Waals surface area contributed by atoms with Gasteiger partial charge in [0.15, 0.2) is 0 Å². The number of rotatable bonds is 8. The first-order valence-corrected chi connectivity index (χ1v) is 10.7. The van der Waals surface area contributed by atoms with Gasteiger partial charge >= 0.3 is 5.97 Å². The number of pyridine rings is 1. The lowest BCUT2D eigenvalue weighted by Gasteiger charge is -2.25. The number of nitrogens with zero attached hydrogens (tertiary/aromatic N) is 1. The van der Waals surface area contributed by atoms with E-state index >= 15 is 8.78 Å². The highest BCUT2D eigenvalue weighted by Gasteiger charge is 2.47. The molecule has 4 rings (SSSR count). The molecule has 1 heterocycles. The van der Waals surface area contributed by atoms with Crippen LogP contribution in [0.15, 0.2) is 35.5 Å². The first-order chi connectivity index (χ1) is 13.5. The highest BCUT2D eigenvalue weighted by atomic mass is 32.2. The Bertz CT molecular complexity index is 871. The number of carboxylic acid groups (broad SMARTS) is 1. The molecular weight excluding hydrogens is 380 g/mol. The SMILES string of the molecule is O=C(O)CCCC1(c2c(F)cc(-c3cccnc3SC3CCC3)cc2F)CC1. The third kappa shape index (κ3) is 3.93. The summed E-state index contributed by atoms with van der Waals surface area (Å²) in [5, 5.41) is 10.2. The van der Waals surface area contributed by atoms with Crippen LogP contribution in [0.25, 0.3) is 11.1 Å². The first-order valence-electron chi connectivity index (χ1n) is 9.82. The summed E-state index contributed by atoms with van der Waals surface area (Å²) in [7, 11) is 0.